The number of nitrogens with one attached hydrogen (secondary N) is 3. The van der Waals surface area contributed by atoms with E-state index in [9.17, 15) is 14.0 Å². The number of benzene rings is 2. The molecule has 1 aromatic heterocycles. The van der Waals surface area contributed by atoms with Crippen LogP contribution in [0.2, 0.25) is 10.0 Å². The van der Waals surface area contributed by atoms with E-state index in [-0.39, 0.29) is 32.7 Å². The molecule has 3 aromatic rings. The average Bonchev–Trinajstić information content (AvgIpc) is 3.04. The van der Waals surface area contributed by atoms with Gasteiger partial charge in [0.1, 0.15) is 22.8 Å². The molecule has 3 amide bonds. The lowest BCUT2D eigenvalue weighted by Crippen LogP contribution is -2.44. The number of aromatic nitrogens is 1. The second-order valence-electron chi connectivity index (χ2n) is 5.93. The van der Waals surface area contributed by atoms with Crippen molar-refractivity contribution in [2.75, 3.05) is 5.32 Å². The van der Waals surface area contributed by atoms with Gasteiger partial charge in [0.15, 0.2) is 5.11 Å². The Morgan fingerprint density at radius 3 is 2.47 bits per heavy atom. The summed E-state index contributed by atoms with van der Waals surface area (Å²) in [5.41, 5.74) is 0.240. The second kappa shape index (κ2) is 9.21. The second-order valence-corrected chi connectivity index (χ2v) is 7.18. The molecule has 154 valence electrons. The van der Waals surface area contributed by atoms with E-state index in [1.165, 1.54) is 25.1 Å². The van der Waals surface area contributed by atoms with Crippen LogP contribution >= 0.6 is 35.4 Å². The van der Waals surface area contributed by atoms with Gasteiger partial charge in [-0.1, -0.05) is 34.4 Å². The number of carbonyl (C=O) groups is 2. The van der Waals surface area contributed by atoms with Crippen molar-refractivity contribution < 1.29 is 18.5 Å². The molecule has 0 aliphatic carbocycles. The molecule has 3 N–H and O–H groups in total. The summed E-state index contributed by atoms with van der Waals surface area (Å²) >= 11 is 16.8. The number of aryl methyl sites for hydroxylation is 1. The topological polar surface area (TPSA) is 96.3 Å². The van der Waals surface area contributed by atoms with Gasteiger partial charge < -0.3 is 9.84 Å². The summed E-state index contributed by atoms with van der Waals surface area (Å²) in [6, 6.07) is 9.76. The zero-order valence-electron chi connectivity index (χ0n) is 15.3. The molecule has 2 aromatic carbocycles. The molecule has 0 atom stereocenters. The summed E-state index contributed by atoms with van der Waals surface area (Å²) in [6.07, 6.45) is 0. The number of rotatable bonds is 3. The van der Waals surface area contributed by atoms with Crippen molar-refractivity contribution in [2.45, 2.75) is 6.92 Å². The maximum Gasteiger partial charge on any atom is 0.325 e. The largest absolute Gasteiger partial charge is 0.360 e. The van der Waals surface area contributed by atoms with E-state index in [4.69, 9.17) is 39.9 Å². The lowest BCUT2D eigenvalue weighted by Gasteiger charge is -2.10. The van der Waals surface area contributed by atoms with Gasteiger partial charge in [-0.05, 0) is 55.5 Å². The van der Waals surface area contributed by atoms with Crippen LogP contribution < -0.4 is 16.0 Å². The Morgan fingerprint density at radius 2 is 1.80 bits per heavy atom. The third kappa shape index (κ3) is 4.93. The minimum atomic E-state index is -0.750. The van der Waals surface area contributed by atoms with Crippen LogP contribution in [0.25, 0.3) is 11.3 Å². The molecular weight excluding hydrogens is 454 g/mol. The highest BCUT2D eigenvalue weighted by atomic mass is 35.5. The SMILES string of the molecule is Cc1onc(-c2c(F)cccc2Cl)c1C(=O)NC(=S)NC(=O)Nc1ccc(Cl)cc1. The molecule has 0 fully saturated rings. The molecule has 3 rings (SSSR count). The predicted octanol–water partition coefficient (Wildman–Crippen LogP) is 4.93. The van der Waals surface area contributed by atoms with Gasteiger partial charge in [0.05, 0.1) is 10.6 Å². The van der Waals surface area contributed by atoms with Crippen LogP contribution in [0.1, 0.15) is 16.1 Å². The number of anilines is 1. The molecule has 30 heavy (non-hydrogen) atoms. The number of halogens is 3. The smallest absolute Gasteiger partial charge is 0.325 e. The van der Waals surface area contributed by atoms with Crippen LogP contribution in [0.15, 0.2) is 47.0 Å². The number of thiocarbonyl (C=S) groups is 1. The summed E-state index contributed by atoms with van der Waals surface area (Å²) in [6.45, 7) is 1.48. The number of amides is 3. The maximum atomic E-state index is 14.3. The number of urea groups is 1. The van der Waals surface area contributed by atoms with Gasteiger partial charge in [0, 0.05) is 10.7 Å². The Hall–Kier alpha value is -3.01. The van der Waals surface area contributed by atoms with Crippen LogP contribution in [0.4, 0.5) is 14.9 Å². The van der Waals surface area contributed by atoms with E-state index in [0.717, 1.165) is 0 Å². The average molecular weight is 467 g/mol. The lowest BCUT2D eigenvalue weighted by atomic mass is 10.1. The first-order chi connectivity index (χ1) is 14.3. The molecule has 0 spiro atoms. The standard InChI is InChI=1S/C19H13Cl2FN4O3S/c1-9-14(16(26-29-9)15-12(21)3-2-4-13(15)22)17(27)24-19(30)25-18(28)23-11-7-5-10(20)6-8-11/h2-8H,1H3,(H3,23,24,25,27,28,30). The van der Waals surface area contributed by atoms with Crippen molar-refractivity contribution in [2.24, 2.45) is 0 Å². The van der Waals surface area contributed by atoms with Gasteiger partial charge in [0.2, 0.25) is 0 Å². The molecule has 0 radical (unpaired) electrons. The predicted molar refractivity (Wildman–Crippen MR) is 115 cm³/mol. The van der Waals surface area contributed by atoms with E-state index in [1.54, 1.807) is 24.3 Å². The van der Waals surface area contributed by atoms with Crippen LogP contribution in [0.5, 0.6) is 0 Å². The number of nitrogens with zero attached hydrogens (tertiary/aromatic N) is 1. The fraction of sp³-hybridized carbons (Fsp3) is 0.0526. The number of hydrogen-bond acceptors (Lipinski definition) is 5. The van der Waals surface area contributed by atoms with E-state index < -0.39 is 17.8 Å². The highest BCUT2D eigenvalue weighted by molar-refractivity contribution is 7.80. The van der Waals surface area contributed by atoms with Crippen molar-refractivity contribution in [3.63, 3.8) is 0 Å². The Balaban J connectivity index is 1.72. The Bertz CT molecular complexity index is 1120. The zero-order valence-corrected chi connectivity index (χ0v) is 17.6. The minimum absolute atomic E-state index is 0.0559. The van der Waals surface area contributed by atoms with E-state index in [1.807, 2.05) is 0 Å². The van der Waals surface area contributed by atoms with Crippen molar-refractivity contribution in [1.29, 1.82) is 0 Å². The van der Waals surface area contributed by atoms with E-state index in [2.05, 4.69) is 21.1 Å². The molecule has 0 saturated heterocycles. The van der Waals surface area contributed by atoms with Gasteiger partial charge in [-0.2, -0.15) is 0 Å². The fourth-order valence-corrected chi connectivity index (χ4v) is 3.09. The summed E-state index contributed by atoms with van der Waals surface area (Å²) in [4.78, 5) is 24.7. The number of carbonyl (C=O) groups excluding carboxylic acids is 2. The van der Waals surface area contributed by atoms with Crippen molar-refractivity contribution in [1.82, 2.24) is 15.8 Å². The summed E-state index contributed by atoms with van der Waals surface area (Å²) < 4.78 is 19.3. The highest BCUT2D eigenvalue weighted by Gasteiger charge is 2.26. The molecule has 1 heterocycles. The molecular formula is C19H13Cl2FN4O3S. The Labute approximate surface area is 185 Å². The molecule has 0 aliphatic rings. The normalized spacial score (nSPS) is 10.4. The number of hydrogen-bond donors (Lipinski definition) is 3. The molecule has 0 bridgehead atoms. The first-order valence-electron chi connectivity index (χ1n) is 8.36. The van der Waals surface area contributed by atoms with Gasteiger partial charge in [-0.3, -0.25) is 15.4 Å². The van der Waals surface area contributed by atoms with Crippen molar-refractivity contribution in [3.05, 3.63) is 69.7 Å². The third-order valence-electron chi connectivity index (χ3n) is 3.85. The lowest BCUT2D eigenvalue weighted by molar-refractivity contribution is 0.0976. The van der Waals surface area contributed by atoms with Gasteiger partial charge in [-0.25, -0.2) is 9.18 Å². The molecule has 0 saturated carbocycles. The maximum absolute atomic E-state index is 14.3. The third-order valence-corrected chi connectivity index (χ3v) is 4.62. The van der Waals surface area contributed by atoms with Crippen molar-refractivity contribution in [3.8, 4) is 11.3 Å². The molecule has 0 aliphatic heterocycles. The van der Waals surface area contributed by atoms with Crippen LogP contribution in [-0.4, -0.2) is 22.2 Å². The monoisotopic (exact) mass is 466 g/mol. The Kier molecular flexibility index (Phi) is 6.66. The van der Waals surface area contributed by atoms with Crippen LogP contribution in [-0.2, 0) is 0 Å². The fourth-order valence-electron chi connectivity index (χ4n) is 2.53. The molecule has 0 unspecified atom stereocenters. The van der Waals surface area contributed by atoms with E-state index in [0.29, 0.717) is 10.7 Å². The van der Waals surface area contributed by atoms with Crippen LogP contribution in [0, 0.1) is 12.7 Å². The van der Waals surface area contributed by atoms with E-state index >= 15 is 0 Å². The highest BCUT2D eigenvalue weighted by Crippen LogP contribution is 2.33. The first-order valence-corrected chi connectivity index (χ1v) is 9.52. The molecule has 11 heteroatoms. The molecule has 7 nitrogen and oxygen atoms in total. The van der Waals surface area contributed by atoms with Crippen molar-refractivity contribution >= 4 is 58.2 Å². The summed E-state index contributed by atoms with van der Waals surface area (Å²) in [7, 11) is 0. The first kappa shape index (κ1) is 21.7. The van der Waals surface area contributed by atoms with Gasteiger partial charge >= 0.3 is 6.03 Å². The van der Waals surface area contributed by atoms with Gasteiger partial charge in [-0.15, -0.1) is 0 Å². The van der Waals surface area contributed by atoms with Gasteiger partial charge in [0.25, 0.3) is 5.91 Å². The minimum Gasteiger partial charge on any atom is -0.360 e. The Morgan fingerprint density at radius 1 is 1.10 bits per heavy atom. The summed E-state index contributed by atoms with van der Waals surface area (Å²) in [5.74, 6) is -1.30. The van der Waals surface area contributed by atoms with Crippen LogP contribution in [0.3, 0.4) is 0 Å². The quantitative estimate of drug-likeness (QED) is 0.475. The zero-order chi connectivity index (χ0) is 21.8. The summed E-state index contributed by atoms with van der Waals surface area (Å²) in [5, 5.41) is 11.2.